The summed E-state index contributed by atoms with van der Waals surface area (Å²) in [7, 11) is 1.77. The molecule has 9 heteroatoms. The lowest BCUT2D eigenvalue weighted by Crippen LogP contribution is -2.43. The van der Waals surface area contributed by atoms with Gasteiger partial charge in [-0.1, -0.05) is 13.3 Å². The van der Waals surface area contributed by atoms with Crippen molar-refractivity contribution in [2.45, 2.75) is 53.0 Å². The third-order valence-corrected chi connectivity index (χ3v) is 6.18. The summed E-state index contributed by atoms with van der Waals surface area (Å²) >= 11 is 1.38. The molecule has 0 spiro atoms. The molecule has 1 fully saturated rings. The Morgan fingerprint density at radius 3 is 2.62 bits per heavy atom. The van der Waals surface area contributed by atoms with E-state index in [0.29, 0.717) is 23.1 Å². The molecule has 0 aliphatic carbocycles. The molecule has 7 nitrogen and oxygen atoms in total. The summed E-state index contributed by atoms with van der Waals surface area (Å²) in [5.74, 6) is 0.998. The largest absolute Gasteiger partial charge is 0.462 e. The minimum atomic E-state index is -0.301. The maximum absolute atomic E-state index is 12.0. The SMILES string of the molecule is CCOC(=O)c1sc(C(C)NC(=NC)NCC(C)CN2CCCCC2)nc1C.I. The zero-order valence-electron chi connectivity index (χ0n) is 18.3. The second kappa shape index (κ2) is 13.4. The monoisotopic (exact) mass is 537 g/mol. The van der Waals surface area contributed by atoms with Crippen molar-refractivity contribution in [1.82, 2.24) is 20.5 Å². The van der Waals surface area contributed by atoms with Gasteiger partial charge in [0.1, 0.15) is 9.88 Å². The van der Waals surface area contributed by atoms with Gasteiger partial charge in [-0.2, -0.15) is 0 Å². The van der Waals surface area contributed by atoms with E-state index < -0.39 is 0 Å². The molecule has 2 rings (SSSR count). The zero-order valence-corrected chi connectivity index (χ0v) is 21.4. The first kappa shape index (κ1) is 26.1. The number of hydrogen-bond donors (Lipinski definition) is 2. The molecule has 29 heavy (non-hydrogen) atoms. The van der Waals surface area contributed by atoms with Crippen LogP contribution in [0.3, 0.4) is 0 Å². The lowest BCUT2D eigenvalue weighted by molar-refractivity contribution is 0.0531. The Morgan fingerprint density at radius 2 is 2.00 bits per heavy atom. The van der Waals surface area contributed by atoms with Crippen molar-refractivity contribution in [3.8, 4) is 0 Å². The number of aryl methyl sites for hydroxylation is 1. The smallest absolute Gasteiger partial charge is 0.350 e. The fraction of sp³-hybridized carbons (Fsp3) is 0.750. The van der Waals surface area contributed by atoms with Crippen LogP contribution in [0.2, 0.25) is 0 Å². The number of nitrogens with one attached hydrogen (secondary N) is 2. The second-order valence-corrected chi connectivity index (χ2v) is 8.50. The van der Waals surface area contributed by atoms with E-state index in [1.807, 2.05) is 13.8 Å². The normalized spacial score (nSPS) is 17.2. The quantitative estimate of drug-likeness (QED) is 0.229. The first-order valence-electron chi connectivity index (χ1n) is 10.3. The van der Waals surface area contributed by atoms with Crippen molar-refractivity contribution < 1.29 is 9.53 Å². The van der Waals surface area contributed by atoms with Crippen molar-refractivity contribution in [2.75, 3.05) is 39.8 Å². The van der Waals surface area contributed by atoms with E-state index in [-0.39, 0.29) is 36.0 Å². The predicted molar refractivity (Wildman–Crippen MR) is 131 cm³/mol. The summed E-state index contributed by atoms with van der Waals surface area (Å²) in [6, 6.07) is -0.0459. The molecule has 0 saturated carbocycles. The number of nitrogens with zero attached hydrogens (tertiary/aromatic N) is 3. The van der Waals surface area contributed by atoms with Crippen molar-refractivity contribution in [1.29, 1.82) is 0 Å². The van der Waals surface area contributed by atoms with Gasteiger partial charge in [-0.3, -0.25) is 4.99 Å². The molecule has 1 aromatic rings. The van der Waals surface area contributed by atoms with E-state index in [0.717, 1.165) is 24.1 Å². The Balaban J connectivity index is 0.00000420. The summed E-state index contributed by atoms with van der Waals surface area (Å²) in [6.45, 7) is 12.7. The van der Waals surface area contributed by atoms with Crippen LogP contribution in [0.15, 0.2) is 4.99 Å². The third-order valence-electron chi connectivity index (χ3n) is 4.86. The number of hydrogen-bond acceptors (Lipinski definition) is 6. The van der Waals surface area contributed by atoms with E-state index in [9.17, 15) is 4.79 Å². The topological polar surface area (TPSA) is 78.8 Å². The van der Waals surface area contributed by atoms with Gasteiger partial charge in [-0.05, 0) is 52.6 Å². The fourth-order valence-corrected chi connectivity index (χ4v) is 4.33. The molecule has 2 atom stereocenters. The number of guanidine groups is 1. The van der Waals surface area contributed by atoms with Gasteiger partial charge in [0.05, 0.1) is 18.3 Å². The molecule has 1 aliphatic rings. The van der Waals surface area contributed by atoms with Crippen molar-refractivity contribution in [3.63, 3.8) is 0 Å². The highest BCUT2D eigenvalue weighted by Gasteiger charge is 2.20. The van der Waals surface area contributed by atoms with E-state index in [2.05, 4.69) is 32.4 Å². The Bertz CT molecular complexity index is 661. The number of aliphatic imine (C=N–C) groups is 1. The summed E-state index contributed by atoms with van der Waals surface area (Å²) in [5.41, 5.74) is 0.713. The summed E-state index contributed by atoms with van der Waals surface area (Å²) < 4.78 is 5.10. The van der Waals surface area contributed by atoms with Crippen molar-refractivity contribution >= 4 is 47.2 Å². The number of ether oxygens (including phenoxy) is 1. The second-order valence-electron chi connectivity index (χ2n) is 7.47. The first-order valence-corrected chi connectivity index (χ1v) is 11.1. The van der Waals surface area contributed by atoms with Crippen LogP contribution in [0.4, 0.5) is 0 Å². The molecule has 1 aromatic heterocycles. The standard InChI is InChI=1S/C20H35N5O2S.HI/c1-6-27-19(26)17-15(3)23-18(28-17)16(4)24-20(21-5)22-12-14(2)13-25-10-8-7-9-11-25;/h14,16H,6-13H2,1-5H3,(H2,21,22,24);1H. The van der Waals surface area contributed by atoms with Gasteiger partial charge in [0, 0.05) is 20.1 Å². The van der Waals surface area contributed by atoms with Crippen LogP contribution in [0.25, 0.3) is 0 Å². The molecule has 0 radical (unpaired) electrons. The van der Waals surface area contributed by atoms with Crippen LogP contribution in [-0.2, 0) is 4.74 Å². The van der Waals surface area contributed by atoms with Crippen LogP contribution in [0, 0.1) is 12.8 Å². The molecule has 2 N–H and O–H groups in total. The summed E-state index contributed by atoms with van der Waals surface area (Å²) in [4.78, 5) is 24.0. The summed E-state index contributed by atoms with van der Waals surface area (Å²) in [6.07, 6.45) is 4.01. The average molecular weight is 538 g/mol. The number of aromatic nitrogens is 1. The van der Waals surface area contributed by atoms with Crippen LogP contribution in [0.5, 0.6) is 0 Å². The highest BCUT2D eigenvalue weighted by molar-refractivity contribution is 14.0. The van der Waals surface area contributed by atoms with Gasteiger partial charge in [-0.15, -0.1) is 35.3 Å². The molecule has 1 aliphatic heterocycles. The average Bonchev–Trinajstić information content (AvgIpc) is 3.08. The number of thiazole rings is 1. The number of carbonyl (C=O) groups is 1. The Kier molecular flexibility index (Phi) is 12.0. The summed E-state index contributed by atoms with van der Waals surface area (Å²) in [5, 5.41) is 7.65. The first-order chi connectivity index (χ1) is 13.4. The minimum Gasteiger partial charge on any atom is -0.462 e. The highest BCUT2D eigenvalue weighted by Crippen LogP contribution is 2.24. The van der Waals surface area contributed by atoms with Gasteiger partial charge >= 0.3 is 5.97 Å². The zero-order chi connectivity index (χ0) is 20.5. The van der Waals surface area contributed by atoms with Crippen LogP contribution >= 0.6 is 35.3 Å². The lowest BCUT2D eigenvalue weighted by atomic mass is 10.1. The van der Waals surface area contributed by atoms with Gasteiger partial charge in [-0.25, -0.2) is 9.78 Å². The van der Waals surface area contributed by atoms with E-state index in [1.54, 1.807) is 14.0 Å². The number of esters is 1. The predicted octanol–water partition coefficient (Wildman–Crippen LogP) is 3.59. The minimum absolute atomic E-state index is 0. The van der Waals surface area contributed by atoms with E-state index in [4.69, 9.17) is 4.74 Å². The van der Waals surface area contributed by atoms with E-state index in [1.165, 1.54) is 43.7 Å². The fourth-order valence-electron chi connectivity index (χ4n) is 3.37. The van der Waals surface area contributed by atoms with Crippen LogP contribution < -0.4 is 10.6 Å². The number of halogens is 1. The maximum atomic E-state index is 12.0. The maximum Gasteiger partial charge on any atom is 0.350 e. The van der Waals surface area contributed by atoms with Gasteiger partial charge in [0.25, 0.3) is 0 Å². The molecule has 0 amide bonds. The third kappa shape index (κ3) is 8.37. The molecular weight excluding hydrogens is 501 g/mol. The number of piperidine rings is 1. The molecule has 0 aromatic carbocycles. The number of rotatable bonds is 8. The molecule has 2 unspecified atom stereocenters. The Hall–Kier alpha value is -0.940. The molecule has 0 bridgehead atoms. The molecular formula is C20H36IN5O2S. The number of carbonyl (C=O) groups excluding carboxylic acids is 1. The molecule has 1 saturated heterocycles. The Labute approximate surface area is 196 Å². The van der Waals surface area contributed by atoms with E-state index >= 15 is 0 Å². The van der Waals surface area contributed by atoms with Crippen LogP contribution in [-0.4, -0.2) is 61.6 Å². The number of likely N-dealkylation sites (tertiary alicyclic amines) is 1. The van der Waals surface area contributed by atoms with Crippen LogP contribution in [0.1, 0.15) is 66.4 Å². The van der Waals surface area contributed by atoms with Gasteiger partial charge < -0.3 is 20.3 Å². The van der Waals surface area contributed by atoms with Crippen molar-refractivity contribution in [3.05, 3.63) is 15.6 Å². The lowest BCUT2D eigenvalue weighted by Gasteiger charge is -2.29. The molecule has 2 heterocycles. The molecule has 166 valence electrons. The highest BCUT2D eigenvalue weighted by atomic mass is 127. The Morgan fingerprint density at radius 1 is 1.31 bits per heavy atom. The van der Waals surface area contributed by atoms with Gasteiger partial charge in [0.15, 0.2) is 5.96 Å². The van der Waals surface area contributed by atoms with Crippen molar-refractivity contribution in [2.24, 2.45) is 10.9 Å². The van der Waals surface area contributed by atoms with Gasteiger partial charge in [0.2, 0.25) is 0 Å².